The van der Waals surface area contributed by atoms with Gasteiger partial charge in [0.2, 0.25) is 5.91 Å². The Hall–Kier alpha value is -1.35. The van der Waals surface area contributed by atoms with Crippen molar-refractivity contribution < 1.29 is 9.90 Å². The maximum Gasteiger partial charge on any atom is 0.229 e. The molecule has 2 fully saturated rings. The largest absolute Gasteiger partial charge is 0.393 e. The summed E-state index contributed by atoms with van der Waals surface area (Å²) in [5, 5.41) is 9.72. The molecule has 0 spiro atoms. The summed E-state index contributed by atoms with van der Waals surface area (Å²) in [4.78, 5) is 15.0. The second kappa shape index (κ2) is 5.80. The van der Waals surface area contributed by atoms with E-state index < -0.39 is 0 Å². The minimum absolute atomic E-state index is 0.172. The van der Waals surface area contributed by atoms with Gasteiger partial charge in [0.1, 0.15) is 0 Å². The summed E-state index contributed by atoms with van der Waals surface area (Å²) in [7, 11) is 0. The molecular formula is C18H25NO2. The SMILES string of the molecule is CC(O)C1CCN(C(=O)C2(Cc3ccccc3)CCC2)C1. The van der Waals surface area contributed by atoms with Crippen LogP contribution in [0.1, 0.15) is 38.2 Å². The van der Waals surface area contributed by atoms with Crippen LogP contribution in [0.5, 0.6) is 0 Å². The Morgan fingerprint density at radius 1 is 1.38 bits per heavy atom. The average Bonchev–Trinajstić information content (AvgIpc) is 2.93. The summed E-state index contributed by atoms with van der Waals surface area (Å²) in [5.74, 6) is 0.573. The molecule has 1 aliphatic carbocycles. The number of carbonyl (C=O) groups excluding carboxylic acids is 1. The molecule has 2 aliphatic rings. The molecule has 2 atom stereocenters. The monoisotopic (exact) mass is 287 g/mol. The number of carbonyl (C=O) groups is 1. The Balaban J connectivity index is 1.70. The summed E-state index contributed by atoms with van der Waals surface area (Å²) in [5.41, 5.74) is 1.09. The van der Waals surface area contributed by atoms with Crippen molar-refractivity contribution in [3.63, 3.8) is 0 Å². The number of aliphatic hydroxyl groups excluding tert-OH is 1. The van der Waals surface area contributed by atoms with Gasteiger partial charge in [-0.1, -0.05) is 36.8 Å². The highest BCUT2D eigenvalue weighted by molar-refractivity contribution is 5.84. The number of rotatable bonds is 4. The number of hydrogen-bond acceptors (Lipinski definition) is 2. The van der Waals surface area contributed by atoms with E-state index in [1.165, 1.54) is 5.56 Å². The molecule has 1 saturated heterocycles. The van der Waals surface area contributed by atoms with Crippen LogP contribution in [0.2, 0.25) is 0 Å². The van der Waals surface area contributed by atoms with Crippen molar-refractivity contribution in [2.75, 3.05) is 13.1 Å². The van der Waals surface area contributed by atoms with Crippen LogP contribution in [0.4, 0.5) is 0 Å². The lowest BCUT2D eigenvalue weighted by Gasteiger charge is -2.43. The summed E-state index contributed by atoms with van der Waals surface area (Å²) >= 11 is 0. The lowest BCUT2D eigenvalue weighted by atomic mass is 9.64. The molecule has 2 unspecified atom stereocenters. The summed E-state index contributed by atoms with van der Waals surface area (Å²) in [6.07, 6.45) is 4.67. The summed E-state index contributed by atoms with van der Waals surface area (Å²) < 4.78 is 0. The third-order valence-corrected chi connectivity index (χ3v) is 5.34. The van der Waals surface area contributed by atoms with Gasteiger partial charge in [0.15, 0.2) is 0 Å². The predicted molar refractivity (Wildman–Crippen MR) is 82.8 cm³/mol. The van der Waals surface area contributed by atoms with Crippen molar-refractivity contribution in [3.05, 3.63) is 35.9 Å². The maximum atomic E-state index is 13.0. The second-order valence-corrected chi connectivity index (χ2v) is 6.84. The average molecular weight is 287 g/mol. The fourth-order valence-corrected chi connectivity index (χ4v) is 3.76. The minimum Gasteiger partial charge on any atom is -0.393 e. The van der Waals surface area contributed by atoms with E-state index >= 15 is 0 Å². The second-order valence-electron chi connectivity index (χ2n) is 6.84. The van der Waals surface area contributed by atoms with Gasteiger partial charge in [-0.25, -0.2) is 0 Å². The van der Waals surface area contributed by atoms with E-state index in [0.717, 1.165) is 45.2 Å². The standard InChI is InChI=1S/C18H25NO2/c1-14(20)16-8-11-19(13-16)17(21)18(9-5-10-18)12-15-6-3-2-4-7-15/h2-4,6-7,14,16,20H,5,8-13H2,1H3. The molecule has 1 amide bonds. The Kier molecular flexibility index (Phi) is 4.03. The maximum absolute atomic E-state index is 13.0. The molecule has 1 heterocycles. The third kappa shape index (κ3) is 2.84. The smallest absolute Gasteiger partial charge is 0.229 e. The van der Waals surface area contributed by atoms with Crippen molar-refractivity contribution in [3.8, 4) is 0 Å². The molecule has 1 N–H and O–H groups in total. The van der Waals surface area contributed by atoms with Gasteiger partial charge >= 0.3 is 0 Å². The molecule has 3 nitrogen and oxygen atoms in total. The quantitative estimate of drug-likeness (QED) is 0.925. The van der Waals surface area contributed by atoms with Gasteiger partial charge in [0, 0.05) is 19.0 Å². The van der Waals surface area contributed by atoms with Crippen molar-refractivity contribution in [1.29, 1.82) is 0 Å². The van der Waals surface area contributed by atoms with E-state index in [4.69, 9.17) is 0 Å². The van der Waals surface area contributed by atoms with Crippen LogP contribution < -0.4 is 0 Å². The van der Waals surface area contributed by atoms with E-state index in [9.17, 15) is 9.90 Å². The fourth-order valence-electron chi connectivity index (χ4n) is 3.76. The van der Waals surface area contributed by atoms with Gasteiger partial charge in [0.05, 0.1) is 11.5 Å². The lowest BCUT2D eigenvalue weighted by Crippen LogP contribution is -2.48. The molecular weight excluding hydrogens is 262 g/mol. The van der Waals surface area contributed by atoms with Crippen LogP contribution in [0.25, 0.3) is 0 Å². The highest BCUT2D eigenvalue weighted by atomic mass is 16.3. The van der Waals surface area contributed by atoms with Gasteiger partial charge in [0.25, 0.3) is 0 Å². The molecule has 0 radical (unpaired) electrons. The number of benzene rings is 1. The fraction of sp³-hybridized carbons (Fsp3) is 0.611. The van der Waals surface area contributed by atoms with Crippen LogP contribution >= 0.6 is 0 Å². The van der Waals surface area contributed by atoms with Crippen molar-refractivity contribution in [1.82, 2.24) is 4.90 Å². The van der Waals surface area contributed by atoms with Crippen LogP contribution in [0, 0.1) is 11.3 Å². The molecule has 114 valence electrons. The highest BCUT2D eigenvalue weighted by Gasteiger charge is 2.47. The van der Waals surface area contributed by atoms with Crippen LogP contribution in [-0.2, 0) is 11.2 Å². The van der Waals surface area contributed by atoms with E-state index in [2.05, 4.69) is 12.1 Å². The Morgan fingerprint density at radius 2 is 2.10 bits per heavy atom. The Labute approximate surface area is 127 Å². The zero-order chi connectivity index (χ0) is 14.9. The van der Waals surface area contributed by atoms with Gasteiger partial charge in [-0.15, -0.1) is 0 Å². The van der Waals surface area contributed by atoms with Gasteiger partial charge < -0.3 is 10.0 Å². The van der Waals surface area contributed by atoms with E-state index in [1.807, 2.05) is 30.0 Å². The summed E-state index contributed by atoms with van der Waals surface area (Å²) in [6, 6.07) is 10.4. The molecule has 21 heavy (non-hydrogen) atoms. The molecule has 1 aromatic carbocycles. The Morgan fingerprint density at radius 3 is 2.62 bits per heavy atom. The zero-order valence-corrected chi connectivity index (χ0v) is 12.8. The van der Waals surface area contributed by atoms with E-state index in [-0.39, 0.29) is 17.4 Å². The normalized spacial score (nSPS) is 25.4. The van der Waals surface area contributed by atoms with Crippen molar-refractivity contribution >= 4 is 5.91 Å². The molecule has 1 aliphatic heterocycles. The molecule has 1 aromatic rings. The third-order valence-electron chi connectivity index (χ3n) is 5.34. The molecule has 3 heteroatoms. The lowest BCUT2D eigenvalue weighted by molar-refractivity contribution is -0.146. The van der Waals surface area contributed by atoms with Gasteiger partial charge in [-0.3, -0.25) is 4.79 Å². The van der Waals surface area contributed by atoms with Gasteiger partial charge in [-0.05, 0) is 38.2 Å². The molecule has 0 bridgehead atoms. The number of hydrogen-bond donors (Lipinski definition) is 1. The first-order valence-corrected chi connectivity index (χ1v) is 8.12. The molecule has 1 saturated carbocycles. The molecule has 3 rings (SSSR count). The predicted octanol–water partition coefficient (Wildman–Crippen LogP) is 2.63. The van der Waals surface area contributed by atoms with E-state index in [0.29, 0.717) is 5.91 Å². The number of amides is 1. The Bertz CT molecular complexity index is 493. The van der Waals surface area contributed by atoms with Crippen molar-refractivity contribution in [2.45, 2.75) is 45.1 Å². The first-order chi connectivity index (χ1) is 10.1. The van der Waals surface area contributed by atoms with Crippen LogP contribution in [-0.4, -0.2) is 35.1 Å². The minimum atomic E-state index is -0.311. The summed E-state index contributed by atoms with van der Waals surface area (Å²) in [6.45, 7) is 3.37. The zero-order valence-electron chi connectivity index (χ0n) is 12.8. The first kappa shape index (κ1) is 14.6. The molecule has 0 aromatic heterocycles. The highest BCUT2D eigenvalue weighted by Crippen LogP contribution is 2.46. The number of aliphatic hydroxyl groups is 1. The van der Waals surface area contributed by atoms with Crippen LogP contribution in [0.15, 0.2) is 30.3 Å². The number of nitrogens with zero attached hydrogens (tertiary/aromatic N) is 1. The first-order valence-electron chi connectivity index (χ1n) is 8.12. The van der Waals surface area contributed by atoms with Crippen molar-refractivity contribution in [2.24, 2.45) is 11.3 Å². The van der Waals surface area contributed by atoms with E-state index in [1.54, 1.807) is 0 Å². The topological polar surface area (TPSA) is 40.5 Å². The van der Waals surface area contributed by atoms with Gasteiger partial charge in [-0.2, -0.15) is 0 Å². The van der Waals surface area contributed by atoms with Crippen LogP contribution in [0.3, 0.4) is 0 Å². The number of likely N-dealkylation sites (tertiary alicyclic amines) is 1.